The zero-order chi connectivity index (χ0) is 14.8. The van der Waals surface area contributed by atoms with Crippen LogP contribution >= 0.6 is 0 Å². The lowest BCUT2D eigenvalue weighted by atomic mass is 9.90. The fourth-order valence-corrected chi connectivity index (χ4v) is 2.72. The van der Waals surface area contributed by atoms with E-state index in [2.05, 4.69) is 0 Å². The Bertz CT molecular complexity index is 503. The summed E-state index contributed by atoms with van der Waals surface area (Å²) in [4.78, 5) is 14.0. The molecule has 0 bridgehead atoms. The Hall–Kier alpha value is -1.42. The number of nitrogens with zero attached hydrogens (tertiary/aromatic N) is 1. The van der Waals surface area contributed by atoms with E-state index < -0.39 is 5.60 Å². The van der Waals surface area contributed by atoms with Crippen molar-refractivity contribution in [2.24, 2.45) is 0 Å². The molecule has 0 aromatic heterocycles. The lowest BCUT2D eigenvalue weighted by molar-refractivity contribution is -0.137. The van der Waals surface area contributed by atoms with Gasteiger partial charge in [0, 0.05) is 13.1 Å². The first-order chi connectivity index (χ1) is 9.43. The molecule has 1 atom stereocenters. The van der Waals surface area contributed by atoms with E-state index in [1.165, 1.54) is 6.07 Å². The molecule has 20 heavy (non-hydrogen) atoms. The molecule has 4 heteroatoms. The van der Waals surface area contributed by atoms with Crippen LogP contribution in [0.5, 0.6) is 0 Å². The molecule has 2 rings (SSSR count). The number of carbonyl (C=O) groups is 1. The van der Waals surface area contributed by atoms with Crippen LogP contribution in [0.2, 0.25) is 0 Å². The van der Waals surface area contributed by atoms with Crippen molar-refractivity contribution in [1.82, 2.24) is 4.90 Å². The van der Waals surface area contributed by atoms with Gasteiger partial charge in [0.15, 0.2) is 0 Å². The molecule has 1 aliphatic heterocycles. The molecular formula is C16H22FNO2. The third-order valence-electron chi connectivity index (χ3n) is 4.14. The summed E-state index contributed by atoms with van der Waals surface area (Å²) in [6.07, 6.45) is 2.51. The average molecular weight is 279 g/mol. The van der Waals surface area contributed by atoms with Crippen molar-refractivity contribution < 1.29 is 14.3 Å². The molecule has 1 amide bonds. The van der Waals surface area contributed by atoms with Gasteiger partial charge in [-0.25, -0.2) is 4.39 Å². The number of piperidine rings is 1. The maximum absolute atomic E-state index is 13.2. The van der Waals surface area contributed by atoms with E-state index >= 15 is 0 Å². The Morgan fingerprint density at radius 2 is 2.25 bits per heavy atom. The summed E-state index contributed by atoms with van der Waals surface area (Å²) < 4.78 is 13.2. The van der Waals surface area contributed by atoms with E-state index in [1.807, 2.05) is 6.92 Å². The molecular weight excluding hydrogens is 257 g/mol. The number of β-amino-alcohol motifs (C(OH)–C–C–N with tert-alkyl or cyclic N) is 1. The Balaban J connectivity index is 2.02. The first-order valence-electron chi connectivity index (χ1n) is 7.19. The van der Waals surface area contributed by atoms with E-state index in [9.17, 15) is 14.3 Å². The van der Waals surface area contributed by atoms with Crippen molar-refractivity contribution in [1.29, 1.82) is 0 Å². The number of likely N-dealkylation sites (tertiary alicyclic amines) is 1. The summed E-state index contributed by atoms with van der Waals surface area (Å²) in [6, 6.07) is 4.76. The predicted molar refractivity (Wildman–Crippen MR) is 75.9 cm³/mol. The van der Waals surface area contributed by atoms with Gasteiger partial charge in [-0.1, -0.05) is 19.1 Å². The summed E-state index contributed by atoms with van der Waals surface area (Å²) in [7, 11) is 0. The fraction of sp³-hybridized carbons (Fsp3) is 0.562. The number of amides is 1. The zero-order valence-electron chi connectivity index (χ0n) is 12.2. The topological polar surface area (TPSA) is 40.5 Å². The minimum Gasteiger partial charge on any atom is -0.388 e. The lowest BCUT2D eigenvalue weighted by Gasteiger charge is -2.38. The molecule has 1 aromatic rings. The number of rotatable bonds is 3. The molecule has 1 N–H and O–H groups in total. The predicted octanol–water partition coefficient (Wildman–Crippen LogP) is 2.44. The zero-order valence-corrected chi connectivity index (χ0v) is 12.2. The van der Waals surface area contributed by atoms with Gasteiger partial charge in [0.05, 0.1) is 12.0 Å². The smallest absolute Gasteiger partial charge is 0.227 e. The summed E-state index contributed by atoms with van der Waals surface area (Å²) in [5.74, 6) is -0.248. The van der Waals surface area contributed by atoms with Crippen molar-refractivity contribution in [2.75, 3.05) is 13.1 Å². The number of hydrogen-bond donors (Lipinski definition) is 1. The highest BCUT2D eigenvalue weighted by Crippen LogP contribution is 2.24. The minimum atomic E-state index is -0.743. The molecule has 3 nitrogen and oxygen atoms in total. The SMILES string of the molecule is CCC1(O)CCCN(C(=O)Cc2ccc(F)c(C)c2)C1. The van der Waals surface area contributed by atoms with Gasteiger partial charge in [-0.05, 0) is 43.4 Å². The molecule has 0 saturated carbocycles. The van der Waals surface area contributed by atoms with Gasteiger partial charge in [-0.2, -0.15) is 0 Å². The number of halogens is 1. The fourth-order valence-electron chi connectivity index (χ4n) is 2.72. The molecule has 1 saturated heterocycles. The second-order valence-corrected chi connectivity index (χ2v) is 5.76. The largest absolute Gasteiger partial charge is 0.388 e. The highest BCUT2D eigenvalue weighted by atomic mass is 19.1. The van der Waals surface area contributed by atoms with Crippen LogP contribution in [0.4, 0.5) is 4.39 Å². The molecule has 0 aliphatic carbocycles. The standard InChI is InChI=1S/C16H22FNO2/c1-3-16(20)7-4-8-18(11-16)15(19)10-13-5-6-14(17)12(2)9-13/h5-6,9,20H,3-4,7-8,10-11H2,1-2H3. The van der Waals surface area contributed by atoms with Gasteiger partial charge in [0.2, 0.25) is 5.91 Å². The van der Waals surface area contributed by atoms with Crippen LogP contribution in [-0.4, -0.2) is 34.6 Å². The van der Waals surface area contributed by atoms with Crippen LogP contribution in [0.3, 0.4) is 0 Å². The number of carbonyl (C=O) groups excluding carboxylic acids is 1. The van der Waals surface area contributed by atoms with E-state index in [4.69, 9.17) is 0 Å². The normalized spacial score (nSPS) is 22.9. The third-order valence-corrected chi connectivity index (χ3v) is 4.14. The van der Waals surface area contributed by atoms with Gasteiger partial charge < -0.3 is 10.0 Å². The lowest BCUT2D eigenvalue weighted by Crippen LogP contribution is -2.50. The van der Waals surface area contributed by atoms with Crippen LogP contribution in [0.15, 0.2) is 18.2 Å². The highest BCUT2D eigenvalue weighted by molar-refractivity contribution is 5.79. The van der Waals surface area contributed by atoms with E-state index in [0.717, 1.165) is 18.4 Å². The molecule has 1 aromatic carbocycles. The summed E-state index contributed by atoms with van der Waals surface area (Å²) in [6.45, 7) is 4.74. The van der Waals surface area contributed by atoms with Crippen LogP contribution < -0.4 is 0 Å². The minimum absolute atomic E-state index is 0.00239. The number of hydrogen-bond acceptors (Lipinski definition) is 2. The Morgan fingerprint density at radius 1 is 1.50 bits per heavy atom. The molecule has 110 valence electrons. The summed E-state index contributed by atoms with van der Waals surface area (Å²) >= 11 is 0. The van der Waals surface area contributed by atoms with Crippen molar-refractivity contribution in [3.05, 3.63) is 35.1 Å². The quantitative estimate of drug-likeness (QED) is 0.923. The summed E-state index contributed by atoms with van der Waals surface area (Å²) in [5, 5.41) is 10.3. The van der Waals surface area contributed by atoms with Crippen LogP contribution in [0, 0.1) is 12.7 Å². The Morgan fingerprint density at radius 3 is 2.90 bits per heavy atom. The van der Waals surface area contributed by atoms with E-state index in [1.54, 1.807) is 24.0 Å². The van der Waals surface area contributed by atoms with Crippen molar-refractivity contribution in [3.8, 4) is 0 Å². The van der Waals surface area contributed by atoms with Gasteiger partial charge in [-0.3, -0.25) is 4.79 Å². The van der Waals surface area contributed by atoms with Crippen molar-refractivity contribution >= 4 is 5.91 Å². The molecule has 1 heterocycles. The number of aryl methyl sites for hydroxylation is 1. The van der Waals surface area contributed by atoms with Gasteiger partial charge >= 0.3 is 0 Å². The second-order valence-electron chi connectivity index (χ2n) is 5.76. The molecule has 0 spiro atoms. The highest BCUT2D eigenvalue weighted by Gasteiger charge is 2.33. The third kappa shape index (κ3) is 3.37. The molecule has 1 unspecified atom stereocenters. The number of aliphatic hydroxyl groups is 1. The second kappa shape index (κ2) is 5.92. The van der Waals surface area contributed by atoms with Gasteiger partial charge in [-0.15, -0.1) is 0 Å². The van der Waals surface area contributed by atoms with Gasteiger partial charge in [0.25, 0.3) is 0 Å². The van der Waals surface area contributed by atoms with Crippen LogP contribution in [0.1, 0.15) is 37.3 Å². The monoisotopic (exact) mass is 279 g/mol. The average Bonchev–Trinajstić information content (AvgIpc) is 2.43. The van der Waals surface area contributed by atoms with Crippen molar-refractivity contribution in [2.45, 2.75) is 45.1 Å². The maximum Gasteiger partial charge on any atom is 0.227 e. The molecule has 1 fully saturated rings. The van der Waals surface area contributed by atoms with E-state index in [-0.39, 0.29) is 18.1 Å². The van der Waals surface area contributed by atoms with Crippen LogP contribution in [-0.2, 0) is 11.2 Å². The molecule has 1 aliphatic rings. The maximum atomic E-state index is 13.2. The van der Waals surface area contributed by atoms with Crippen LogP contribution in [0.25, 0.3) is 0 Å². The molecule has 0 radical (unpaired) electrons. The first-order valence-corrected chi connectivity index (χ1v) is 7.19. The first kappa shape index (κ1) is 15.0. The Labute approximate surface area is 119 Å². The summed E-state index contributed by atoms with van der Waals surface area (Å²) in [5.41, 5.74) is 0.630. The van der Waals surface area contributed by atoms with E-state index in [0.29, 0.717) is 25.1 Å². The van der Waals surface area contributed by atoms with Crippen molar-refractivity contribution in [3.63, 3.8) is 0 Å². The Kier molecular flexibility index (Phi) is 4.43. The van der Waals surface area contributed by atoms with Gasteiger partial charge in [0.1, 0.15) is 5.82 Å². The number of benzene rings is 1.